The molecule has 0 heterocycles. The fourth-order valence-corrected chi connectivity index (χ4v) is 0.843. The fraction of sp³-hybridized carbons (Fsp3) is 0.625. The Morgan fingerprint density at radius 1 is 1.31 bits per heavy atom. The molecule has 0 aromatic heterocycles. The van der Waals surface area contributed by atoms with Gasteiger partial charge in [0.2, 0.25) is 0 Å². The summed E-state index contributed by atoms with van der Waals surface area (Å²) in [6, 6.07) is 0. The number of ether oxygens (including phenoxy) is 1. The molecule has 0 aliphatic heterocycles. The van der Waals surface area contributed by atoms with Gasteiger partial charge in [-0.2, -0.15) is 0 Å². The Bertz CT molecular complexity index is 197. The fourth-order valence-electron chi connectivity index (χ4n) is 0.843. The van der Waals surface area contributed by atoms with E-state index in [1.54, 1.807) is 6.92 Å². The summed E-state index contributed by atoms with van der Waals surface area (Å²) in [5.41, 5.74) is 0.645. The zero-order valence-corrected chi connectivity index (χ0v) is 7.49. The predicted octanol–water partition coefficient (Wildman–Crippen LogP) is -0.829. The van der Waals surface area contributed by atoms with E-state index in [1.807, 2.05) is 0 Å². The summed E-state index contributed by atoms with van der Waals surface area (Å²) in [5.74, 6) is -0.705. The third kappa shape index (κ3) is 4.02. The monoisotopic (exact) mass is 190 g/mol. The lowest BCUT2D eigenvalue weighted by molar-refractivity contribution is -0.147. The van der Waals surface area contributed by atoms with Crippen LogP contribution in [0.15, 0.2) is 11.1 Å². The zero-order chi connectivity index (χ0) is 10.3. The summed E-state index contributed by atoms with van der Waals surface area (Å²) < 4.78 is 4.32. The van der Waals surface area contributed by atoms with Gasteiger partial charge in [-0.3, -0.25) is 0 Å². The maximum atomic E-state index is 11.1. The topological polar surface area (TPSA) is 87.0 Å². The van der Waals surface area contributed by atoms with Gasteiger partial charge in [0.15, 0.2) is 6.79 Å². The molecule has 0 fully saturated rings. The molecule has 0 saturated heterocycles. The molecule has 5 nitrogen and oxygen atoms in total. The predicted molar refractivity (Wildman–Crippen MR) is 44.7 cm³/mol. The molecule has 13 heavy (non-hydrogen) atoms. The first-order valence-electron chi connectivity index (χ1n) is 3.85. The highest BCUT2D eigenvalue weighted by Gasteiger charge is 2.12. The molecule has 0 aliphatic rings. The molecule has 0 unspecified atom stereocenters. The molecule has 0 amide bonds. The Morgan fingerprint density at radius 2 is 1.92 bits per heavy atom. The lowest BCUT2D eigenvalue weighted by atomic mass is 10.1. The highest BCUT2D eigenvalue weighted by atomic mass is 16.6. The van der Waals surface area contributed by atoms with E-state index in [1.165, 1.54) is 0 Å². The molecule has 0 saturated carbocycles. The SMILES string of the molecule is CC(CO)=C(CCO)C(=O)OCO. The number of esters is 1. The van der Waals surface area contributed by atoms with E-state index in [0.717, 1.165) is 0 Å². The Kier molecular flexibility index (Phi) is 6.13. The number of hydrogen-bond acceptors (Lipinski definition) is 5. The standard InChI is InChI=1S/C8H14O5/c1-6(4-10)7(2-3-9)8(12)13-5-11/h9-11H,2-5H2,1H3. The number of rotatable bonds is 5. The van der Waals surface area contributed by atoms with Gasteiger partial charge in [-0.15, -0.1) is 0 Å². The van der Waals surface area contributed by atoms with Crippen LogP contribution in [0.2, 0.25) is 0 Å². The van der Waals surface area contributed by atoms with Crippen molar-refractivity contribution in [3.05, 3.63) is 11.1 Å². The van der Waals surface area contributed by atoms with E-state index >= 15 is 0 Å². The van der Waals surface area contributed by atoms with Gasteiger partial charge in [0.25, 0.3) is 0 Å². The van der Waals surface area contributed by atoms with Gasteiger partial charge in [0.05, 0.1) is 6.61 Å². The quantitative estimate of drug-likeness (QED) is 0.299. The van der Waals surface area contributed by atoms with Crippen molar-refractivity contribution in [3.8, 4) is 0 Å². The van der Waals surface area contributed by atoms with Crippen LogP contribution in [0.3, 0.4) is 0 Å². The van der Waals surface area contributed by atoms with Crippen molar-refractivity contribution in [1.82, 2.24) is 0 Å². The van der Waals surface area contributed by atoms with Crippen LogP contribution < -0.4 is 0 Å². The van der Waals surface area contributed by atoms with Crippen LogP contribution in [0, 0.1) is 0 Å². The minimum atomic E-state index is -0.705. The van der Waals surface area contributed by atoms with Crippen LogP contribution in [0.25, 0.3) is 0 Å². The van der Waals surface area contributed by atoms with Crippen LogP contribution in [0.4, 0.5) is 0 Å². The van der Waals surface area contributed by atoms with Crippen LogP contribution in [-0.2, 0) is 9.53 Å². The summed E-state index contributed by atoms with van der Waals surface area (Å²) in [5, 5.41) is 25.7. The molecule has 76 valence electrons. The molecule has 0 atom stereocenters. The van der Waals surface area contributed by atoms with Crippen LogP contribution >= 0.6 is 0 Å². The molecule has 0 bridgehead atoms. The van der Waals surface area contributed by atoms with Crippen molar-refractivity contribution in [2.75, 3.05) is 20.0 Å². The highest BCUT2D eigenvalue weighted by molar-refractivity contribution is 5.89. The summed E-state index contributed by atoms with van der Waals surface area (Å²) in [6.07, 6.45) is 0.116. The van der Waals surface area contributed by atoms with E-state index in [-0.39, 0.29) is 25.2 Å². The Labute approximate surface area is 76.3 Å². The maximum absolute atomic E-state index is 11.1. The van der Waals surface area contributed by atoms with Crippen molar-refractivity contribution < 1.29 is 24.9 Å². The normalized spacial score (nSPS) is 12.3. The number of carbonyl (C=O) groups excluding carboxylic acids is 1. The van der Waals surface area contributed by atoms with Crippen molar-refractivity contribution in [2.45, 2.75) is 13.3 Å². The largest absolute Gasteiger partial charge is 0.435 e. The molecule has 0 rings (SSSR count). The van der Waals surface area contributed by atoms with E-state index < -0.39 is 12.8 Å². The summed E-state index contributed by atoms with van der Waals surface area (Å²) in [6.45, 7) is 0.388. The second-order valence-electron chi connectivity index (χ2n) is 2.45. The number of hydrogen-bond donors (Lipinski definition) is 3. The average molecular weight is 190 g/mol. The van der Waals surface area contributed by atoms with Crippen LogP contribution in [-0.4, -0.2) is 41.3 Å². The second-order valence-corrected chi connectivity index (χ2v) is 2.45. The third-order valence-electron chi connectivity index (χ3n) is 1.56. The van der Waals surface area contributed by atoms with Crippen molar-refractivity contribution >= 4 is 5.97 Å². The van der Waals surface area contributed by atoms with Crippen molar-refractivity contribution in [2.24, 2.45) is 0 Å². The van der Waals surface area contributed by atoms with Gasteiger partial charge in [-0.1, -0.05) is 0 Å². The molecule has 0 aromatic rings. The number of aliphatic hydroxyl groups is 3. The smallest absolute Gasteiger partial charge is 0.336 e. The lowest BCUT2D eigenvalue weighted by Gasteiger charge is -2.07. The van der Waals surface area contributed by atoms with Gasteiger partial charge in [0.1, 0.15) is 0 Å². The third-order valence-corrected chi connectivity index (χ3v) is 1.56. The van der Waals surface area contributed by atoms with Gasteiger partial charge < -0.3 is 20.1 Å². The molecule has 0 spiro atoms. The Balaban J connectivity index is 4.50. The average Bonchev–Trinajstić information content (AvgIpc) is 2.13. The molecular formula is C8H14O5. The van der Waals surface area contributed by atoms with Gasteiger partial charge in [0, 0.05) is 18.6 Å². The van der Waals surface area contributed by atoms with Crippen molar-refractivity contribution in [1.29, 1.82) is 0 Å². The molecule has 0 aromatic carbocycles. The van der Waals surface area contributed by atoms with Crippen molar-refractivity contribution in [3.63, 3.8) is 0 Å². The second kappa shape index (κ2) is 6.59. The first-order valence-corrected chi connectivity index (χ1v) is 3.85. The summed E-state index contributed by atoms with van der Waals surface area (Å²) in [7, 11) is 0. The van der Waals surface area contributed by atoms with Gasteiger partial charge in [-0.25, -0.2) is 4.79 Å². The zero-order valence-electron chi connectivity index (χ0n) is 7.49. The maximum Gasteiger partial charge on any atom is 0.336 e. The Morgan fingerprint density at radius 3 is 2.31 bits per heavy atom. The first kappa shape index (κ1) is 12.1. The van der Waals surface area contributed by atoms with Gasteiger partial charge >= 0.3 is 5.97 Å². The molecular weight excluding hydrogens is 176 g/mol. The molecule has 0 radical (unpaired) electrons. The highest BCUT2D eigenvalue weighted by Crippen LogP contribution is 2.09. The minimum absolute atomic E-state index is 0.116. The van der Waals surface area contributed by atoms with Crippen LogP contribution in [0.1, 0.15) is 13.3 Å². The van der Waals surface area contributed by atoms with E-state index in [9.17, 15) is 4.79 Å². The van der Waals surface area contributed by atoms with E-state index in [0.29, 0.717) is 5.57 Å². The molecule has 5 heteroatoms. The first-order chi connectivity index (χ1) is 6.17. The number of aliphatic hydroxyl groups excluding tert-OH is 3. The Hall–Kier alpha value is -0.910. The lowest BCUT2D eigenvalue weighted by Crippen LogP contribution is -2.12. The molecule has 0 aliphatic carbocycles. The van der Waals surface area contributed by atoms with E-state index in [2.05, 4.69) is 4.74 Å². The van der Waals surface area contributed by atoms with Crippen LogP contribution in [0.5, 0.6) is 0 Å². The van der Waals surface area contributed by atoms with Gasteiger partial charge in [-0.05, 0) is 12.5 Å². The summed E-state index contributed by atoms with van der Waals surface area (Å²) >= 11 is 0. The minimum Gasteiger partial charge on any atom is -0.435 e. The molecule has 3 N–H and O–H groups in total. The summed E-state index contributed by atoms with van der Waals surface area (Å²) in [4.78, 5) is 11.1. The van der Waals surface area contributed by atoms with E-state index in [4.69, 9.17) is 15.3 Å². The number of carbonyl (C=O) groups is 1.